The van der Waals surface area contributed by atoms with Crippen molar-refractivity contribution in [2.75, 3.05) is 5.32 Å². The van der Waals surface area contributed by atoms with Crippen molar-refractivity contribution >= 4 is 17.6 Å². The molecule has 1 aromatic carbocycles. The summed E-state index contributed by atoms with van der Waals surface area (Å²) < 4.78 is 4.75. The lowest BCUT2D eigenvalue weighted by molar-refractivity contribution is 0.0696. The summed E-state index contributed by atoms with van der Waals surface area (Å²) >= 11 is 0. The van der Waals surface area contributed by atoms with Crippen molar-refractivity contribution in [3.05, 3.63) is 47.9 Å². The van der Waals surface area contributed by atoms with Gasteiger partial charge in [-0.15, -0.1) is 0 Å². The number of carboxylic acids is 1. The van der Waals surface area contributed by atoms with E-state index in [1.807, 2.05) is 0 Å². The first-order valence-electron chi connectivity index (χ1n) is 4.98. The Bertz CT molecular complexity index is 589. The summed E-state index contributed by atoms with van der Waals surface area (Å²) in [6, 6.07) is 5.07. The Morgan fingerprint density at radius 1 is 1.17 bits per heavy atom. The Morgan fingerprint density at radius 3 is 2.56 bits per heavy atom. The minimum Gasteiger partial charge on any atom is -0.506 e. The first-order valence-corrected chi connectivity index (χ1v) is 4.98. The fourth-order valence-electron chi connectivity index (χ4n) is 1.36. The molecule has 0 unspecified atom stereocenters. The monoisotopic (exact) mass is 247 g/mol. The fourth-order valence-corrected chi connectivity index (χ4v) is 1.36. The normalized spacial score (nSPS) is 10.0. The minimum atomic E-state index is -1.14. The Hall–Kier alpha value is -2.76. The van der Waals surface area contributed by atoms with Gasteiger partial charge in [0, 0.05) is 0 Å². The van der Waals surface area contributed by atoms with Gasteiger partial charge in [-0.1, -0.05) is 0 Å². The second kappa shape index (κ2) is 4.62. The standard InChI is InChI=1S/C12H9NO5/c14-10-2-1-7(12(16)17)5-9(10)13-11(15)8-3-4-18-6-8/h1-6,14H,(H,13,15)(H,16,17). The zero-order chi connectivity index (χ0) is 13.1. The third-order valence-corrected chi connectivity index (χ3v) is 2.28. The van der Waals surface area contributed by atoms with Crippen molar-refractivity contribution in [2.24, 2.45) is 0 Å². The molecule has 0 saturated heterocycles. The molecule has 1 aromatic heterocycles. The van der Waals surface area contributed by atoms with Gasteiger partial charge in [0.05, 0.1) is 23.1 Å². The summed E-state index contributed by atoms with van der Waals surface area (Å²) in [5, 5.41) is 20.7. The molecule has 92 valence electrons. The second-order valence-electron chi connectivity index (χ2n) is 3.50. The fraction of sp³-hybridized carbons (Fsp3) is 0. The minimum absolute atomic E-state index is 0.0288. The SMILES string of the molecule is O=C(O)c1ccc(O)c(NC(=O)c2ccoc2)c1. The van der Waals surface area contributed by atoms with Gasteiger partial charge < -0.3 is 19.9 Å². The Morgan fingerprint density at radius 2 is 1.94 bits per heavy atom. The lowest BCUT2D eigenvalue weighted by Gasteiger charge is -2.06. The van der Waals surface area contributed by atoms with Crippen molar-refractivity contribution in [1.82, 2.24) is 0 Å². The quantitative estimate of drug-likeness (QED) is 0.719. The topological polar surface area (TPSA) is 99.8 Å². The Labute approximate surface area is 101 Å². The number of hydrogen-bond donors (Lipinski definition) is 3. The molecule has 0 aliphatic carbocycles. The molecule has 0 spiro atoms. The van der Waals surface area contributed by atoms with E-state index >= 15 is 0 Å². The number of carbonyl (C=O) groups excluding carboxylic acids is 1. The molecule has 2 aromatic rings. The maximum absolute atomic E-state index is 11.7. The molecule has 0 aliphatic heterocycles. The molecule has 0 saturated carbocycles. The first kappa shape index (κ1) is 11.7. The number of carboxylic acid groups (broad SMARTS) is 1. The van der Waals surface area contributed by atoms with Crippen LogP contribution in [0.25, 0.3) is 0 Å². The average molecular weight is 247 g/mol. The maximum Gasteiger partial charge on any atom is 0.335 e. The van der Waals surface area contributed by atoms with E-state index in [9.17, 15) is 14.7 Å². The lowest BCUT2D eigenvalue weighted by atomic mass is 10.2. The van der Waals surface area contributed by atoms with Crippen LogP contribution in [0.3, 0.4) is 0 Å². The average Bonchev–Trinajstić information content (AvgIpc) is 2.85. The molecule has 18 heavy (non-hydrogen) atoms. The van der Waals surface area contributed by atoms with Crippen LogP contribution >= 0.6 is 0 Å². The van der Waals surface area contributed by atoms with Crippen LogP contribution in [-0.4, -0.2) is 22.1 Å². The van der Waals surface area contributed by atoms with Gasteiger partial charge >= 0.3 is 5.97 Å². The van der Waals surface area contributed by atoms with E-state index in [1.54, 1.807) is 0 Å². The molecule has 0 fully saturated rings. The second-order valence-corrected chi connectivity index (χ2v) is 3.50. The van der Waals surface area contributed by atoms with Crippen molar-refractivity contribution in [2.45, 2.75) is 0 Å². The summed E-state index contributed by atoms with van der Waals surface area (Å²) in [7, 11) is 0. The highest BCUT2D eigenvalue weighted by atomic mass is 16.4. The van der Waals surface area contributed by atoms with Crippen LogP contribution in [0.2, 0.25) is 0 Å². The number of carbonyl (C=O) groups is 2. The zero-order valence-corrected chi connectivity index (χ0v) is 9.08. The molecule has 1 heterocycles. The van der Waals surface area contributed by atoms with E-state index in [1.165, 1.54) is 36.8 Å². The van der Waals surface area contributed by atoms with Gasteiger partial charge in [-0.05, 0) is 24.3 Å². The molecular weight excluding hydrogens is 238 g/mol. The summed E-state index contributed by atoms with van der Waals surface area (Å²) in [6.45, 7) is 0. The van der Waals surface area contributed by atoms with Gasteiger partial charge in [0.25, 0.3) is 5.91 Å². The van der Waals surface area contributed by atoms with Crippen LogP contribution in [0.4, 0.5) is 5.69 Å². The number of anilines is 1. The van der Waals surface area contributed by atoms with Crippen molar-refractivity contribution in [3.63, 3.8) is 0 Å². The van der Waals surface area contributed by atoms with Crippen LogP contribution in [0, 0.1) is 0 Å². The van der Waals surface area contributed by atoms with Crippen LogP contribution in [0.1, 0.15) is 20.7 Å². The van der Waals surface area contributed by atoms with Gasteiger partial charge in [0.15, 0.2) is 0 Å². The number of aromatic carboxylic acids is 1. The van der Waals surface area contributed by atoms with E-state index in [-0.39, 0.29) is 22.6 Å². The molecule has 0 atom stereocenters. The molecule has 6 heteroatoms. The highest BCUT2D eigenvalue weighted by molar-refractivity contribution is 6.05. The highest BCUT2D eigenvalue weighted by Gasteiger charge is 2.12. The largest absolute Gasteiger partial charge is 0.506 e. The number of amides is 1. The number of aromatic hydroxyl groups is 1. The molecule has 0 bridgehead atoms. The van der Waals surface area contributed by atoms with Crippen molar-refractivity contribution in [3.8, 4) is 5.75 Å². The van der Waals surface area contributed by atoms with E-state index in [2.05, 4.69) is 5.32 Å². The first-order chi connectivity index (χ1) is 8.58. The van der Waals surface area contributed by atoms with Crippen LogP contribution in [0.5, 0.6) is 5.75 Å². The van der Waals surface area contributed by atoms with Gasteiger partial charge in [-0.25, -0.2) is 4.79 Å². The number of rotatable bonds is 3. The lowest BCUT2D eigenvalue weighted by Crippen LogP contribution is -2.11. The number of hydrogen-bond acceptors (Lipinski definition) is 4. The molecule has 6 nitrogen and oxygen atoms in total. The van der Waals surface area contributed by atoms with Crippen LogP contribution in [0.15, 0.2) is 41.2 Å². The van der Waals surface area contributed by atoms with E-state index in [0.717, 1.165) is 0 Å². The zero-order valence-electron chi connectivity index (χ0n) is 9.08. The molecular formula is C12H9NO5. The Balaban J connectivity index is 2.26. The van der Waals surface area contributed by atoms with Gasteiger partial charge in [0.1, 0.15) is 12.0 Å². The number of nitrogens with one attached hydrogen (secondary N) is 1. The molecule has 1 amide bonds. The molecule has 3 N–H and O–H groups in total. The number of phenolic OH excluding ortho intramolecular Hbond substituents is 1. The molecule has 2 rings (SSSR count). The smallest absolute Gasteiger partial charge is 0.335 e. The summed E-state index contributed by atoms with van der Waals surface area (Å²) in [6.07, 6.45) is 2.58. The predicted octanol–water partition coefficient (Wildman–Crippen LogP) is 1.94. The summed E-state index contributed by atoms with van der Waals surface area (Å²) in [5.41, 5.74) is 0.270. The molecule has 0 radical (unpaired) electrons. The molecule has 0 aliphatic rings. The van der Waals surface area contributed by atoms with Crippen LogP contribution < -0.4 is 5.32 Å². The van der Waals surface area contributed by atoms with E-state index in [4.69, 9.17) is 9.52 Å². The third-order valence-electron chi connectivity index (χ3n) is 2.28. The van der Waals surface area contributed by atoms with Gasteiger partial charge in [0.2, 0.25) is 0 Å². The van der Waals surface area contributed by atoms with Crippen molar-refractivity contribution in [1.29, 1.82) is 0 Å². The Kier molecular flexibility index (Phi) is 3.01. The van der Waals surface area contributed by atoms with E-state index in [0.29, 0.717) is 0 Å². The van der Waals surface area contributed by atoms with Gasteiger partial charge in [-0.3, -0.25) is 4.79 Å². The number of furan rings is 1. The van der Waals surface area contributed by atoms with Crippen molar-refractivity contribution < 1.29 is 24.2 Å². The predicted molar refractivity (Wildman–Crippen MR) is 61.7 cm³/mol. The van der Waals surface area contributed by atoms with E-state index < -0.39 is 11.9 Å². The summed E-state index contributed by atoms with van der Waals surface area (Å²) in [4.78, 5) is 22.4. The number of benzene rings is 1. The number of phenols is 1. The maximum atomic E-state index is 11.7. The van der Waals surface area contributed by atoms with Crippen LogP contribution in [-0.2, 0) is 0 Å². The summed E-state index contributed by atoms with van der Waals surface area (Å²) in [5.74, 6) is -1.85. The van der Waals surface area contributed by atoms with Gasteiger partial charge in [-0.2, -0.15) is 0 Å². The third kappa shape index (κ3) is 2.32. The highest BCUT2D eigenvalue weighted by Crippen LogP contribution is 2.24.